The van der Waals surface area contributed by atoms with Crippen molar-refractivity contribution in [3.8, 4) is 0 Å². The van der Waals surface area contributed by atoms with E-state index in [0.717, 1.165) is 5.56 Å². The van der Waals surface area contributed by atoms with Crippen molar-refractivity contribution in [2.75, 3.05) is 0 Å². The maximum Gasteiger partial charge on any atom is 0.223 e. The van der Waals surface area contributed by atoms with Gasteiger partial charge in [-0.2, -0.15) is 0 Å². The predicted octanol–water partition coefficient (Wildman–Crippen LogP) is 2.22. The normalized spacial score (nSPS) is 13.7. The summed E-state index contributed by atoms with van der Waals surface area (Å²) in [5.41, 5.74) is 1.12. The second-order valence-corrected chi connectivity index (χ2v) is 4.84. The van der Waals surface area contributed by atoms with Crippen LogP contribution in [0.1, 0.15) is 25.8 Å². The number of carbonyl (C=O) groups excluding carboxylic acids is 2. The molecule has 0 heterocycles. The number of carbonyl (C=O) groups is 2. The molecular formula is C14H19NO2S. The Morgan fingerprint density at radius 3 is 2.39 bits per heavy atom. The number of hydrogen-bond donors (Lipinski definition) is 2. The van der Waals surface area contributed by atoms with E-state index in [0.29, 0.717) is 12.8 Å². The Balaban J connectivity index is 2.54. The fourth-order valence-corrected chi connectivity index (χ4v) is 1.96. The van der Waals surface area contributed by atoms with Gasteiger partial charge in [-0.25, -0.2) is 0 Å². The lowest BCUT2D eigenvalue weighted by Crippen LogP contribution is -2.41. The molecule has 0 radical (unpaired) electrons. The van der Waals surface area contributed by atoms with Crippen molar-refractivity contribution in [1.82, 2.24) is 5.32 Å². The summed E-state index contributed by atoms with van der Waals surface area (Å²) in [6.07, 6.45) is 1.23. The van der Waals surface area contributed by atoms with Crippen molar-refractivity contribution in [2.24, 2.45) is 5.92 Å². The minimum absolute atomic E-state index is 0.104. The van der Waals surface area contributed by atoms with E-state index in [4.69, 9.17) is 0 Å². The van der Waals surface area contributed by atoms with Gasteiger partial charge in [-0.15, -0.1) is 12.6 Å². The second-order valence-electron chi connectivity index (χ2n) is 4.40. The van der Waals surface area contributed by atoms with E-state index in [2.05, 4.69) is 17.9 Å². The largest absolute Gasteiger partial charge is 0.345 e. The van der Waals surface area contributed by atoms with Gasteiger partial charge in [0.05, 0.1) is 6.04 Å². The summed E-state index contributed by atoms with van der Waals surface area (Å²) in [5, 5.41) is 2.43. The SMILES string of the molecule is CCC(NC(=O)C(C)Cc1ccccc1)C(=O)S. The Bertz CT molecular complexity index is 406. The molecular weight excluding hydrogens is 246 g/mol. The zero-order chi connectivity index (χ0) is 13.5. The second kappa shape index (κ2) is 7.21. The Hall–Kier alpha value is -1.29. The average Bonchev–Trinajstić information content (AvgIpc) is 2.36. The summed E-state index contributed by atoms with van der Waals surface area (Å²) in [7, 11) is 0. The Morgan fingerprint density at radius 2 is 1.89 bits per heavy atom. The zero-order valence-corrected chi connectivity index (χ0v) is 11.6. The van der Waals surface area contributed by atoms with Gasteiger partial charge in [0.15, 0.2) is 0 Å². The summed E-state index contributed by atoms with van der Waals surface area (Å²) in [6.45, 7) is 3.71. The minimum Gasteiger partial charge on any atom is -0.345 e. The summed E-state index contributed by atoms with van der Waals surface area (Å²) in [6, 6.07) is 9.34. The van der Waals surface area contributed by atoms with Gasteiger partial charge in [0.25, 0.3) is 0 Å². The molecule has 0 aliphatic carbocycles. The topological polar surface area (TPSA) is 46.2 Å². The third-order valence-electron chi connectivity index (χ3n) is 2.86. The highest BCUT2D eigenvalue weighted by molar-refractivity contribution is 7.96. The number of rotatable bonds is 6. The van der Waals surface area contributed by atoms with Gasteiger partial charge in [0.1, 0.15) is 0 Å². The minimum atomic E-state index is -0.487. The van der Waals surface area contributed by atoms with Crippen molar-refractivity contribution in [3.63, 3.8) is 0 Å². The van der Waals surface area contributed by atoms with Crippen LogP contribution in [-0.2, 0) is 16.0 Å². The molecule has 18 heavy (non-hydrogen) atoms. The van der Waals surface area contributed by atoms with Crippen molar-refractivity contribution in [3.05, 3.63) is 35.9 Å². The fourth-order valence-electron chi connectivity index (χ4n) is 1.71. The molecule has 4 heteroatoms. The summed E-state index contributed by atoms with van der Waals surface area (Å²) in [4.78, 5) is 23.1. The van der Waals surface area contributed by atoms with Gasteiger partial charge in [-0.3, -0.25) is 9.59 Å². The summed E-state index contributed by atoms with van der Waals surface area (Å²) < 4.78 is 0. The third-order valence-corrected chi connectivity index (χ3v) is 3.17. The van der Waals surface area contributed by atoms with Crippen molar-refractivity contribution in [1.29, 1.82) is 0 Å². The Morgan fingerprint density at radius 1 is 1.28 bits per heavy atom. The molecule has 0 aliphatic heterocycles. The first kappa shape index (κ1) is 14.8. The molecule has 1 N–H and O–H groups in total. The molecule has 0 fully saturated rings. The monoisotopic (exact) mass is 265 g/mol. The predicted molar refractivity (Wildman–Crippen MR) is 75.5 cm³/mol. The Labute approximate surface area is 113 Å². The lowest BCUT2D eigenvalue weighted by atomic mass is 10.00. The van der Waals surface area contributed by atoms with Gasteiger partial charge in [0.2, 0.25) is 11.0 Å². The molecule has 1 aromatic rings. The molecule has 1 aromatic carbocycles. The van der Waals surface area contributed by atoms with E-state index in [-0.39, 0.29) is 16.9 Å². The molecule has 3 nitrogen and oxygen atoms in total. The molecule has 1 amide bonds. The highest BCUT2D eigenvalue weighted by atomic mass is 32.1. The summed E-state index contributed by atoms with van der Waals surface area (Å²) >= 11 is 3.76. The third kappa shape index (κ3) is 4.53. The molecule has 0 bridgehead atoms. The van der Waals surface area contributed by atoms with E-state index in [9.17, 15) is 9.59 Å². The molecule has 2 unspecified atom stereocenters. The lowest BCUT2D eigenvalue weighted by molar-refractivity contribution is -0.127. The van der Waals surface area contributed by atoms with E-state index in [1.807, 2.05) is 44.2 Å². The van der Waals surface area contributed by atoms with Gasteiger partial charge in [-0.05, 0) is 18.4 Å². The molecule has 0 saturated carbocycles. The molecule has 0 aliphatic rings. The first-order valence-corrected chi connectivity index (χ1v) is 6.56. The number of benzene rings is 1. The molecule has 0 aromatic heterocycles. The van der Waals surface area contributed by atoms with Crippen molar-refractivity contribution in [2.45, 2.75) is 32.7 Å². The Kier molecular flexibility index (Phi) is 5.92. The van der Waals surface area contributed by atoms with Crippen LogP contribution in [0, 0.1) is 5.92 Å². The average molecular weight is 265 g/mol. The highest BCUT2D eigenvalue weighted by Gasteiger charge is 2.19. The van der Waals surface area contributed by atoms with Crippen LogP contribution in [0.2, 0.25) is 0 Å². The zero-order valence-electron chi connectivity index (χ0n) is 10.7. The number of thiol groups is 1. The van der Waals surface area contributed by atoms with Crippen molar-refractivity contribution < 1.29 is 9.59 Å². The van der Waals surface area contributed by atoms with E-state index < -0.39 is 6.04 Å². The van der Waals surface area contributed by atoms with E-state index >= 15 is 0 Å². The maximum absolute atomic E-state index is 11.9. The first-order chi connectivity index (χ1) is 8.54. The number of amides is 1. The van der Waals surface area contributed by atoms with Crippen LogP contribution < -0.4 is 5.32 Å². The molecule has 98 valence electrons. The first-order valence-electron chi connectivity index (χ1n) is 6.11. The van der Waals surface area contributed by atoms with Gasteiger partial charge in [0, 0.05) is 5.92 Å². The number of nitrogens with one attached hydrogen (secondary N) is 1. The smallest absolute Gasteiger partial charge is 0.223 e. The molecule has 0 spiro atoms. The van der Waals surface area contributed by atoms with Crippen LogP contribution in [0.25, 0.3) is 0 Å². The van der Waals surface area contributed by atoms with Crippen LogP contribution in [-0.4, -0.2) is 17.1 Å². The highest BCUT2D eigenvalue weighted by Crippen LogP contribution is 2.09. The van der Waals surface area contributed by atoms with Crippen LogP contribution in [0.15, 0.2) is 30.3 Å². The lowest BCUT2D eigenvalue weighted by Gasteiger charge is -2.17. The van der Waals surface area contributed by atoms with Crippen LogP contribution in [0.3, 0.4) is 0 Å². The van der Waals surface area contributed by atoms with E-state index in [1.165, 1.54) is 0 Å². The number of hydrogen-bond acceptors (Lipinski definition) is 2. The molecule has 1 rings (SSSR count). The van der Waals surface area contributed by atoms with E-state index in [1.54, 1.807) is 0 Å². The summed E-state index contributed by atoms with van der Waals surface area (Å²) in [5.74, 6) is -0.262. The van der Waals surface area contributed by atoms with Crippen LogP contribution >= 0.6 is 12.6 Å². The standard InChI is InChI=1S/C14H19NO2S/c1-3-12(14(17)18)15-13(16)10(2)9-11-7-5-4-6-8-11/h4-8,10,12H,3,9H2,1-2H3,(H,15,16)(H,17,18). The van der Waals surface area contributed by atoms with Gasteiger partial charge >= 0.3 is 0 Å². The quantitative estimate of drug-likeness (QED) is 0.775. The van der Waals surface area contributed by atoms with Crippen LogP contribution in [0.5, 0.6) is 0 Å². The van der Waals surface area contributed by atoms with Crippen molar-refractivity contribution >= 4 is 23.7 Å². The molecule has 0 saturated heterocycles. The van der Waals surface area contributed by atoms with Crippen LogP contribution in [0.4, 0.5) is 0 Å². The molecule has 2 atom stereocenters. The maximum atomic E-state index is 11.9. The van der Waals surface area contributed by atoms with Gasteiger partial charge in [-0.1, -0.05) is 44.2 Å². The van der Waals surface area contributed by atoms with Gasteiger partial charge < -0.3 is 5.32 Å². The fraction of sp³-hybridized carbons (Fsp3) is 0.429.